The van der Waals surface area contributed by atoms with Crippen LogP contribution >= 0.6 is 11.8 Å². The standard InChI is InChI=1S/C22H27NO6S/c1-27-18-11-7-15(21(28-2)22(18)29-3)8-12-19(24)23-17(13-20(25)26)14-5-9-16(30-4)10-6-14/h5-7,9-11,17H,8,12-13H2,1-4H3,(H,23,24)(H,25,26)/t17-/m0/s1. The number of aliphatic carboxylic acids is 1. The molecule has 2 N–H and O–H groups in total. The fourth-order valence-corrected chi connectivity index (χ4v) is 3.55. The second kappa shape index (κ2) is 11.3. The fraction of sp³-hybridized carbons (Fsp3) is 0.364. The summed E-state index contributed by atoms with van der Waals surface area (Å²) in [7, 11) is 4.59. The van der Waals surface area contributed by atoms with Gasteiger partial charge in [0.1, 0.15) is 0 Å². The third-order valence-electron chi connectivity index (χ3n) is 4.64. The molecule has 0 heterocycles. The Hall–Kier alpha value is -2.87. The van der Waals surface area contributed by atoms with Crippen molar-refractivity contribution in [2.24, 2.45) is 0 Å². The van der Waals surface area contributed by atoms with Crippen molar-refractivity contribution in [1.29, 1.82) is 0 Å². The number of carboxylic acids is 1. The molecule has 0 aliphatic rings. The Morgan fingerprint density at radius 1 is 1.00 bits per heavy atom. The van der Waals surface area contributed by atoms with Crippen molar-refractivity contribution in [1.82, 2.24) is 5.32 Å². The maximum absolute atomic E-state index is 12.6. The summed E-state index contributed by atoms with van der Waals surface area (Å²) in [5.41, 5.74) is 1.55. The highest BCUT2D eigenvalue weighted by molar-refractivity contribution is 7.98. The number of nitrogens with one attached hydrogen (secondary N) is 1. The molecule has 2 aromatic rings. The van der Waals surface area contributed by atoms with Crippen molar-refractivity contribution < 1.29 is 28.9 Å². The van der Waals surface area contributed by atoms with Crippen molar-refractivity contribution in [3.63, 3.8) is 0 Å². The number of methoxy groups -OCH3 is 3. The van der Waals surface area contributed by atoms with E-state index in [9.17, 15) is 14.7 Å². The van der Waals surface area contributed by atoms with E-state index < -0.39 is 12.0 Å². The average molecular weight is 434 g/mol. The molecular formula is C22H27NO6S. The van der Waals surface area contributed by atoms with E-state index in [1.165, 1.54) is 14.2 Å². The summed E-state index contributed by atoms with van der Waals surface area (Å²) in [4.78, 5) is 24.9. The van der Waals surface area contributed by atoms with E-state index in [2.05, 4.69) is 5.32 Å². The molecule has 0 saturated carbocycles. The number of benzene rings is 2. The number of carboxylic acid groups (broad SMARTS) is 1. The second-order valence-corrected chi connectivity index (χ2v) is 7.36. The lowest BCUT2D eigenvalue weighted by molar-refractivity contribution is -0.137. The Kier molecular flexibility index (Phi) is 8.86. The molecule has 0 aromatic heterocycles. The van der Waals surface area contributed by atoms with Gasteiger partial charge in [-0.05, 0) is 42.0 Å². The molecule has 0 spiro atoms. The first kappa shape index (κ1) is 23.4. The number of aryl methyl sites for hydroxylation is 1. The lowest BCUT2D eigenvalue weighted by Crippen LogP contribution is -2.30. The highest BCUT2D eigenvalue weighted by Gasteiger charge is 2.20. The predicted octanol–water partition coefficient (Wildman–Crippen LogP) is 3.70. The van der Waals surface area contributed by atoms with Crippen LogP contribution in [0.15, 0.2) is 41.3 Å². The van der Waals surface area contributed by atoms with Gasteiger partial charge in [-0.2, -0.15) is 0 Å². The van der Waals surface area contributed by atoms with Crippen molar-refractivity contribution >= 4 is 23.6 Å². The van der Waals surface area contributed by atoms with E-state index in [0.29, 0.717) is 23.7 Å². The Bertz CT molecular complexity index is 869. The third kappa shape index (κ3) is 6.06. The molecule has 0 fully saturated rings. The van der Waals surface area contributed by atoms with Crippen LogP contribution in [-0.4, -0.2) is 44.6 Å². The van der Waals surface area contributed by atoms with Gasteiger partial charge < -0.3 is 24.6 Å². The van der Waals surface area contributed by atoms with Gasteiger partial charge >= 0.3 is 5.97 Å². The lowest BCUT2D eigenvalue weighted by atomic mass is 10.0. The van der Waals surface area contributed by atoms with Gasteiger partial charge in [0.05, 0.1) is 33.8 Å². The third-order valence-corrected chi connectivity index (χ3v) is 5.38. The molecular weight excluding hydrogens is 406 g/mol. The van der Waals surface area contributed by atoms with Gasteiger partial charge in [0.15, 0.2) is 11.5 Å². The number of hydrogen-bond acceptors (Lipinski definition) is 6. The normalized spacial score (nSPS) is 11.5. The van der Waals surface area contributed by atoms with E-state index in [1.54, 1.807) is 24.9 Å². The van der Waals surface area contributed by atoms with Gasteiger partial charge in [-0.3, -0.25) is 9.59 Å². The zero-order chi connectivity index (χ0) is 22.1. The van der Waals surface area contributed by atoms with E-state index >= 15 is 0 Å². The first-order chi connectivity index (χ1) is 14.4. The van der Waals surface area contributed by atoms with Crippen LogP contribution in [0.25, 0.3) is 0 Å². The molecule has 0 saturated heterocycles. The summed E-state index contributed by atoms with van der Waals surface area (Å²) in [5, 5.41) is 12.1. The minimum atomic E-state index is -0.976. The van der Waals surface area contributed by atoms with Crippen LogP contribution in [0.1, 0.15) is 30.0 Å². The van der Waals surface area contributed by atoms with E-state index in [-0.39, 0.29) is 18.7 Å². The predicted molar refractivity (Wildman–Crippen MR) is 116 cm³/mol. The maximum Gasteiger partial charge on any atom is 0.305 e. The monoisotopic (exact) mass is 433 g/mol. The van der Waals surface area contributed by atoms with Gasteiger partial charge in [-0.25, -0.2) is 0 Å². The van der Waals surface area contributed by atoms with Crippen LogP contribution < -0.4 is 19.5 Å². The van der Waals surface area contributed by atoms with Gasteiger partial charge in [0, 0.05) is 11.3 Å². The number of hydrogen-bond donors (Lipinski definition) is 2. The van der Waals surface area contributed by atoms with Gasteiger partial charge in [-0.15, -0.1) is 11.8 Å². The summed E-state index contributed by atoms with van der Waals surface area (Å²) in [6, 6.07) is 10.5. The quantitative estimate of drug-likeness (QED) is 0.522. The number of amides is 1. The zero-order valence-corrected chi connectivity index (χ0v) is 18.4. The first-order valence-electron chi connectivity index (χ1n) is 9.36. The number of carbonyl (C=O) groups is 2. The van der Waals surface area contributed by atoms with Crippen LogP contribution in [0.5, 0.6) is 17.2 Å². The van der Waals surface area contributed by atoms with E-state index in [1.807, 2.05) is 36.6 Å². The highest BCUT2D eigenvalue weighted by Crippen LogP contribution is 2.40. The molecule has 2 rings (SSSR count). The van der Waals surface area contributed by atoms with Crippen molar-refractivity contribution in [3.8, 4) is 17.2 Å². The highest BCUT2D eigenvalue weighted by atomic mass is 32.2. The maximum atomic E-state index is 12.6. The minimum Gasteiger partial charge on any atom is -0.493 e. The minimum absolute atomic E-state index is 0.171. The Labute approximate surface area is 180 Å². The largest absolute Gasteiger partial charge is 0.493 e. The van der Waals surface area contributed by atoms with Crippen molar-refractivity contribution in [2.45, 2.75) is 30.2 Å². The van der Waals surface area contributed by atoms with E-state index in [4.69, 9.17) is 14.2 Å². The Balaban J connectivity index is 2.11. The second-order valence-electron chi connectivity index (χ2n) is 6.48. The van der Waals surface area contributed by atoms with Crippen molar-refractivity contribution in [2.75, 3.05) is 27.6 Å². The number of rotatable bonds is 11. The first-order valence-corrected chi connectivity index (χ1v) is 10.6. The van der Waals surface area contributed by atoms with Crippen LogP contribution in [0.3, 0.4) is 0 Å². The lowest BCUT2D eigenvalue weighted by Gasteiger charge is -2.19. The Morgan fingerprint density at radius 2 is 1.67 bits per heavy atom. The van der Waals surface area contributed by atoms with Gasteiger partial charge in [-0.1, -0.05) is 18.2 Å². The molecule has 8 heteroatoms. The fourth-order valence-electron chi connectivity index (χ4n) is 3.14. The summed E-state index contributed by atoms with van der Waals surface area (Å²) >= 11 is 1.60. The van der Waals surface area contributed by atoms with Crippen molar-refractivity contribution in [3.05, 3.63) is 47.5 Å². The molecule has 0 unspecified atom stereocenters. The molecule has 162 valence electrons. The Morgan fingerprint density at radius 3 is 2.20 bits per heavy atom. The number of ether oxygens (including phenoxy) is 3. The molecule has 30 heavy (non-hydrogen) atoms. The van der Waals surface area contributed by atoms with Crippen LogP contribution in [0.2, 0.25) is 0 Å². The summed E-state index contributed by atoms with van der Waals surface area (Å²) < 4.78 is 16.1. The number of thioether (sulfide) groups is 1. The molecule has 0 radical (unpaired) electrons. The molecule has 1 atom stereocenters. The van der Waals surface area contributed by atoms with Crippen LogP contribution in [0, 0.1) is 0 Å². The van der Waals surface area contributed by atoms with Crippen LogP contribution in [-0.2, 0) is 16.0 Å². The molecule has 2 aromatic carbocycles. The topological polar surface area (TPSA) is 94.1 Å². The van der Waals surface area contributed by atoms with E-state index in [0.717, 1.165) is 16.0 Å². The summed E-state index contributed by atoms with van der Waals surface area (Å²) in [6.45, 7) is 0. The molecule has 0 aliphatic heterocycles. The van der Waals surface area contributed by atoms with Gasteiger partial charge in [0.2, 0.25) is 11.7 Å². The average Bonchev–Trinajstić information content (AvgIpc) is 2.76. The molecule has 7 nitrogen and oxygen atoms in total. The molecule has 0 bridgehead atoms. The zero-order valence-electron chi connectivity index (χ0n) is 17.6. The van der Waals surface area contributed by atoms with Gasteiger partial charge in [0.25, 0.3) is 0 Å². The summed E-state index contributed by atoms with van der Waals surface area (Å²) in [5.74, 6) is 0.301. The smallest absolute Gasteiger partial charge is 0.305 e. The number of carbonyl (C=O) groups excluding carboxylic acids is 1. The van der Waals surface area contributed by atoms with Crippen LogP contribution in [0.4, 0.5) is 0 Å². The summed E-state index contributed by atoms with van der Waals surface area (Å²) in [6.07, 6.45) is 2.35. The molecule has 0 aliphatic carbocycles. The SMILES string of the molecule is COc1ccc(CCC(=O)N[C@@H](CC(=O)O)c2ccc(SC)cc2)c(OC)c1OC. The molecule has 1 amide bonds.